The predicted octanol–water partition coefficient (Wildman–Crippen LogP) is 0.934. The van der Waals surface area contributed by atoms with E-state index in [1.807, 2.05) is 6.92 Å². The number of nitrogens with zero attached hydrogens (tertiary/aromatic N) is 1. The molecule has 1 atom stereocenters. The molecule has 0 saturated carbocycles. The number of aldehydes is 1. The van der Waals surface area contributed by atoms with Crippen LogP contribution in [-0.4, -0.2) is 44.0 Å². The molecule has 0 N–H and O–H groups in total. The van der Waals surface area contributed by atoms with E-state index in [2.05, 4.69) is 11.8 Å². The molecule has 1 saturated heterocycles. The Hall–Kier alpha value is -0.410. The van der Waals surface area contributed by atoms with Crippen LogP contribution in [0.5, 0.6) is 0 Å². The third-order valence-electron chi connectivity index (χ3n) is 2.78. The maximum atomic E-state index is 10.9. The van der Waals surface area contributed by atoms with Crippen molar-refractivity contribution in [1.82, 2.24) is 4.90 Å². The molecule has 1 fully saturated rings. The molecule has 13 heavy (non-hydrogen) atoms. The van der Waals surface area contributed by atoms with Gasteiger partial charge in [0.2, 0.25) is 0 Å². The molecule has 1 rings (SSSR count). The first-order valence-electron chi connectivity index (χ1n) is 4.96. The largest absolute Gasteiger partial charge is 0.379 e. The van der Waals surface area contributed by atoms with Gasteiger partial charge in [-0.15, -0.1) is 0 Å². The van der Waals surface area contributed by atoms with Crippen LogP contribution < -0.4 is 0 Å². The van der Waals surface area contributed by atoms with Crippen LogP contribution in [0.25, 0.3) is 0 Å². The number of rotatable bonds is 4. The van der Waals surface area contributed by atoms with Crippen molar-refractivity contribution in [3.8, 4) is 0 Å². The SMILES string of the molecule is CCC(C)(C=O)CN1CCOCC1. The van der Waals surface area contributed by atoms with Crippen LogP contribution in [0.1, 0.15) is 20.3 Å². The summed E-state index contributed by atoms with van der Waals surface area (Å²) < 4.78 is 5.25. The monoisotopic (exact) mass is 185 g/mol. The fourth-order valence-corrected chi connectivity index (χ4v) is 1.50. The van der Waals surface area contributed by atoms with Crippen LogP contribution in [-0.2, 0) is 9.53 Å². The van der Waals surface area contributed by atoms with Gasteiger partial charge in [0.25, 0.3) is 0 Å². The highest BCUT2D eigenvalue weighted by Gasteiger charge is 2.25. The fourth-order valence-electron chi connectivity index (χ4n) is 1.50. The van der Waals surface area contributed by atoms with E-state index in [1.54, 1.807) is 0 Å². The van der Waals surface area contributed by atoms with Crippen LogP contribution in [0.2, 0.25) is 0 Å². The predicted molar refractivity (Wildman–Crippen MR) is 51.7 cm³/mol. The summed E-state index contributed by atoms with van der Waals surface area (Å²) in [7, 11) is 0. The highest BCUT2D eigenvalue weighted by Crippen LogP contribution is 2.19. The lowest BCUT2D eigenvalue weighted by molar-refractivity contribution is -0.117. The van der Waals surface area contributed by atoms with Crippen LogP contribution >= 0.6 is 0 Å². The van der Waals surface area contributed by atoms with Gasteiger partial charge in [0, 0.05) is 25.0 Å². The Labute approximate surface area is 80.1 Å². The van der Waals surface area contributed by atoms with Gasteiger partial charge in [0.05, 0.1) is 13.2 Å². The van der Waals surface area contributed by atoms with Crippen molar-refractivity contribution in [3.05, 3.63) is 0 Å². The summed E-state index contributed by atoms with van der Waals surface area (Å²) in [4.78, 5) is 13.2. The zero-order valence-electron chi connectivity index (χ0n) is 8.58. The molecule has 1 aliphatic rings. The molecule has 1 unspecified atom stereocenters. The third-order valence-corrected chi connectivity index (χ3v) is 2.78. The van der Waals surface area contributed by atoms with E-state index >= 15 is 0 Å². The molecule has 76 valence electrons. The van der Waals surface area contributed by atoms with Gasteiger partial charge in [0.15, 0.2) is 0 Å². The second kappa shape index (κ2) is 4.72. The number of carbonyl (C=O) groups is 1. The number of morpholine rings is 1. The Bertz CT molecular complexity index is 166. The topological polar surface area (TPSA) is 29.5 Å². The number of hydrogen-bond acceptors (Lipinski definition) is 3. The van der Waals surface area contributed by atoms with Crippen LogP contribution in [0.4, 0.5) is 0 Å². The second-order valence-electron chi connectivity index (χ2n) is 4.01. The smallest absolute Gasteiger partial charge is 0.127 e. The minimum absolute atomic E-state index is 0.169. The summed E-state index contributed by atoms with van der Waals surface area (Å²) in [5, 5.41) is 0. The highest BCUT2D eigenvalue weighted by molar-refractivity contribution is 5.58. The first-order chi connectivity index (χ1) is 6.20. The first kappa shape index (κ1) is 10.7. The van der Waals surface area contributed by atoms with E-state index in [-0.39, 0.29) is 5.41 Å². The molecule has 0 aromatic carbocycles. The lowest BCUT2D eigenvalue weighted by Gasteiger charge is -2.33. The minimum Gasteiger partial charge on any atom is -0.379 e. The van der Waals surface area contributed by atoms with Crippen LogP contribution in [0.3, 0.4) is 0 Å². The quantitative estimate of drug-likeness (QED) is 0.610. The minimum atomic E-state index is -0.169. The zero-order chi connectivity index (χ0) is 9.73. The Balaban J connectivity index is 2.40. The molecule has 0 spiro atoms. The van der Waals surface area contributed by atoms with E-state index in [4.69, 9.17) is 4.74 Å². The van der Waals surface area contributed by atoms with E-state index < -0.39 is 0 Å². The summed E-state index contributed by atoms with van der Waals surface area (Å²) in [6.45, 7) is 8.49. The number of ether oxygens (including phenoxy) is 1. The third kappa shape index (κ3) is 3.08. The summed E-state index contributed by atoms with van der Waals surface area (Å²) in [6, 6.07) is 0. The molecule has 0 aromatic heterocycles. The lowest BCUT2D eigenvalue weighted by Crippen LogP contribution is -2.43. The Morgan fingerprint density at radius 3 is 2.54 bits per heavy atom. The molecule has 3 heteroatoms. The van der Waals surface area contributed by atoms with Gasteiger partial charge in [-0.2, -0.15) is 0 Å². The Morgan fingerprint density at radius 1 is 1.46 bits per heavy atom. The summed E-state index contributed by atoms with van der Waals surface area (Å²) in [6.07, 6.45) is 2.00. The molecule has 0 amide bonds. The van der Waals surface area contributed by atoms with Gasteiger partial charge < -0.3 is 9.53 Å². The lowest BCUT2D eigenvalue weighted by atomic mass is 9.89. The molecule has 0 bridgehead atoms. The molecule has 1 aliphatic heterocycles. The average molecular weight is 185 g/mol. The second-order valence-corrected chi connectivity index (χ2v) is 4.01. The van der Waals surface area contributed by atoms with E-state index in [0.29, 0.717) is 0 Å². The van der Waals surface area contributed by atoms with Crippen molar-refractivity contribution >= 4 is 6.29 Å². The van der Waals surface area contributed by atoms with Crippen molar-refractivity contribution in [3.63, 3.8) is 0 Å². The van der Waals surface area contributed by atoms with Gasteiger partial charge >= 0.3 is 0 Å². The molecule has 3 nitrogen and oxygen atoms in total. The molecule has 0 aromatic rings. The number of carbonyl (C=O) groups excluding carboxylic acids is 1. The molecule has 0 aliphatic carbocycles. The van der Waals surface area contributed by atoms with Gasteiger partial charge in [-0.3, -0.25) is 4.90 Å². The zero-order valence-corrected chi connectivity index (χ0v) is 8.58. The fraction of sp³-hybridized carbons (Fsp3) is 0.900. The van der Waals surface area contributed by atoms with Crippen molar-refractivity contribution in [1.29, 1.82) is 0 Å². The normalized spacial score (nSPS) is 23.8. The standard InChI is InChI=1S/C10H19NO2/c1-3-10(2,9-12)8-11-4-6-13-7-5-11/h9H,3-8H2,1-2H3. The molecule has 0 radical (unpaired) electrons. The highest BCUT2D eigenvalue weighted by atomic mass is 16.5. The maximum absolute atomic E-state index is 10.9. The van der Waals surface area contributed by atoms with Crippen molar-refractivity contribution in [2.75, 3.05) is 32.8 Å². The number of hydrogen-bond donors (Lipinski definition) is 0. The van der Waals surface area contributed by atoms with Crippen molar-refractivity contribution in [2.45, 2.75) is 20.3 Å². The summed E-state index contributed by atoms with van der Waals surface area (Å²) in [5.74, 6) is 0. The van der Waals surface area contributed by atoms with E-state index in [0.717, 1.165) is 45.6 Å². The van der Waals surface area contributed by atoms with E-state index in [9.17, 15) is 4.79 Å². The van der Waals surface area contributed by atoms with Gasteiger partial charge in [-0.05, 0) is 6.42 Å². The molecule has 1 heterocycles. The van der Waals surface area contributed by atoms with Crippen LogP contribution in [0, 0.1) is 5.41 Å². The maximum Gasteiger partial charge on any atom is 0.127 e. The Kier molecular flexibility index (Phi) is 3.88. The van der Waals surface area contributed by atoms with Crippen molar-refractivity contribution < 1.29 is 9.53 Å². The van der Waals surface area contributed by atoms with Gasteiger partial charge in [0.1, 0.15) is 6.29 Å². The molecular formula is C10H19NO2. The average Bonchev–Trinajstić information content (AvgIpc) is 2.19. The van der Waals surface area contributed by atoms with Crippen molar-refractivity contribution in [2.24, 2.45) is 5.41 Å². The first-order valence-corrected chi connectivity index (χ1v) is 4.96. The summed E-state index contributed by atoms with van der Waals surface area (Å²) in [5.41, 5.74) is -0.169. The van der Waals surface area contributed by atoms with E-state index in [1.165, 1.54) is 0 Å². The van der Waals surface area contributed by atoms with Crippen LogP contribution in [0.15, 0.2) is 0 Å². The summed E-state index contributed by atoms with van der Waals surface area (Å²) >= 11 is 0. The van der Waals surface area contributed by atoms with Gasteiger partial charge in [-0.25, -0.2) is 0 Å². The molecular weight excluding hydrogens is 166 g/mol. The Morgan fingerprint density at radius 2 is 2.08 bits per heavy atom. The van der Waals surface area contributed by atoms with Gasteiger partial charge in [-0.1, -0.05) is 13.8 Å².